The van der Waals surface area contributed by atoms with Crippen LogP contribution in [0.4, 0.5) is 5.95 Å². The molecule has 1 aromatic carbocycles. The molecule has 0 amide bonds. The van der Waals surface area contributed by atoms with Gasteiger partial charge in [-0.15, -0.1) is 4.79 Å². The first-order chi connectivity index (χ1) is 9.65. The number of tetrazole rings is 1. The maximum absolute atomic E-state index is 5.64. The molecule has 0 saturated carbocycles. The van der Waals surface area contributed by atoms with Crippen molar-refractivity contribution in [3.05, 3.63) is 22.2 Å². The number of nitrogen functional groups attached to an aromatic ring is 1. The summed E-state index contributed by atoms with van der Waals surface area (Å²) in [5.74, 6) is 1.52. The number of nitrogens with two attached hydrogens (primary N) is 1. The minimum absolute atomic E-state index is 0.185. The lowest BCUT2D eigenvalue weighted by Gasteiger charge is -2.15. The third-order valence-electron chi connectivity index (χ3n) is 2.52. The van der Waals surface area contributed by atoms with E-state index in [0.717, 1.165) is 10.0 Å². The summed E-state index contributed by atoms with van der Waals surface area (Å²) in [6.07, 6.45) is 0. The molecule has 0 unspecified atom stereocenters. The van der Waals surface area contributed by atoms with Crippen LogP contribution in [0, 0.1) is 0 Å². The van der Waals surface area contributed by atoms with E-state index in [-0.39, 0.29) is 5.95 Å². The molecule has 1 heterocycles. The van der Waals surface area contributed by atoms with Crippen molar-refractivity contribution in [2.24, 2.45) is 0 Å². The Morgan fingerprint density at radius 1 is 1.45 bits per heavy atom. The third-order valence-corrected chi connectivity index (χ3v) is 2.98. The highest BCUT2D eigenvalue weighted by Gasteiger charge is 2.13. The number of benzene rings is 1. The van der Waals surface area contributed by atoms with Gasteiger partial charge in [0.05, 0.1) is 20.3 Å². The summed E-state index contributed by atoms with van der Waals surface area (Å²) < 4.78 is 11.8. The fraction of sp³-hybridized carbons (Fsp3) is 0.364. The van der Waals surface area contributed by atoms with Gasteiger partial charge in [-0.05, 0) is 29.5 Å². The number of nitrogens with zero attached hydrogens (tertiary/aromatic N) is 4. The summed E-state index contributed by atoms with van der Waals surface area (Å²) >= 11 is 3.44. The molecule has 0 bridgehead atoms. The van der Waals surface area contributed by atoms with Crippen molar-refractivity contribution in [3.63, 3.8) is 0 Å². The van der Waals surface area contributed by atoms with Gasteiger partial charge in [0.15, 0.2) is 11.5 Å². The Labute approximate surface area is 124 Å². The topological polar surface area (TPSA) is 100 Å². The molecule has 1 aromatic heterocycles. The maximum Gasteiger partial charge on any atom is 0.260 e. The lowest BCUT2D eigenvalue weighted by molar-refractivity contribution is 0.307. The zero-order valence-corrected chi connectivity index (χ0v) is 12.7. The summed E-state index contributed by atoms with van der Waals surface area (Å²) in [6, 6.07) is 3.78. The highest BCUT2D eigenvalue weighted by Crippen LogP contribution is 2.35. The van der Waals surface area contributed by atoms with E-state index in [9.17, 15) is 0 Å². The Balaban J connectivity index is 2.25. The van der Waals surface area contributed by atoms with E-state index in [2.05, 4.69) is 36.9 Å². The van der Waals surface area contributed by atoms with Crippen LogP contribution in [0.1, 0.15) is 12.5 Å². The number of aromatic nitrogens is 4. The van der Waals surface area contributed by atoms with Crippen molar-refractivity contribution in [3.8, 4) is 11.5 Å². The second kappa shape index (κ2) is 6.42. The molecule has 0 radical (unpaired) electrons. The van der Waals surface area contributed by atoms with E-state index >= 15 is 0 Å². The van der Waals surface area contributed by atoms with Crippen LogP contribution in [0.15, 0.2) is 16.6 Å². The van der Waals surface area contributed by atoms with Crippen LogP contribution in [-0.4, -0.2) is 34.0 Å². The van der Waals surface area contributed by atoms with Gasteiger partial charge in [-0.1, -0.05) is 21.0 Å². The van der Waals surface area contributed by atoms with E-state index in [0.29, 0.717) is 24.7 Å². The monoisotopic (exact) mass is 342 g/mol. The number of ether oxygens (including phenoxy) is 2. The largest absolute Gasteiger partial charge is 0.493 e. The van der Waals surface area contributed by atoms with Gasteiger partial charge in [0, 0.05) is 10.0 Å². The van der Waals surface area contributed by atoms with Crippen LogP contribution in [0.5, 0.6) is 11.5 Å². The fourth-order valence-corrected chi connectivity index (χ4v) is 2.16. The summed E-state index contributed by atoms with van der Waals surface area (Å²) in [7, 11) is 1.60. The van der Waals surface area contributed by atoms with Gasteiger partial charge in [-0.3, -0.25) is 0 Å². The minimum atomic E-state index is 0.185. The molecule has 108 valence electrons. The standard InChI is InChI=1S/C11H15BrN6O2/c1-3-20-10-7(4-8(12)5-9(10)19-2)6-14-18-11(13)15-16-17-18/h4-5,14H,3,6H2,1-2H3,(H2,13,15,17). The Morgan fingerprint density at radius 2 is 2.25 bits per heavy atom. The number of halogens is 1. The zero-order chi connectivity index (χ0) is 14.5. The molecule has 20 heavy (non-hydrogen) atoms. The van der Waals surface area contributed by atoms with E-state index in [1.54, 1.807) is 7.11 Å². The molecule has 0 atom stereocenters. The number of hydrogen-bond acceptors (Lipinski definition) is 7. The zero-order valence-electron chi connectivity index (χ0n) is 11.1. The molecule has 3 N–H and O–H groups in total. The maximum atomic E-state index is 5.64. The lowest BCUT2D eigenvalue weighted by Crippen LogP contribution is -2.19. The van der Waals surface area contributed by atoms with Crippen molar-refractivity contribution in [2.75, 3.05) is 24.9 Å². The van der Waals surface area contributed by atoms with Gasteiger partial charge in [-0.2, -0.15) is 0 Å². The molecular formula is C11H15BrN6O2. The molecule has 0 aliphatic carbocycles. The second-order valence-corrected chi connectivity index (χ2v) is 4.73. The quantitative estimate of drug-likeness (QED) is 0.812. The molecule has 2 aromatic rings. The molecular weight excluding hydrogens is 328 g/mol. The van der Waals surface area contributed by atoms with Crippen molar-refractivity contribution >= 4 is 21.9 Å². The number of nitrogens with one attached hydrogen (secondary N) is 1. The molecule has 0 saturated heterocycles. The number of rotatable bonds is 6. The average molecular weight is 343 g/mol. The molecule has 2 rings (SSSR count). The molecule has 0 spiro atoms. The summed E-state index contributed by atoms with van der Waals surface area (Å²) in [4.78, 5) is 1.29. The molecule has 8 nitrogen and oxygen atoms in total. The van der Waals surface area contributed by atoms with E-state index in [1.165, 1.54) is 4.79 Å². The van der Waals surface area contributed by atoms with Gasteiger partial charge in [0.2, 0.25) is 0 Å². The summed E-state index contributed by atoms with van der Waals surface area (Å²) in [5, 5.41) is 10.8. The highest BCUT2D eigenvalue weighted by atomic mass is 79.9. The Bertz CT molecular complexity index is 588. The van der Waals surface area contributed by atoms with Crippen LogP contribution in [0.2, 0.25) is 0 Å². The first-order valence-electron chi connectivity index (χ1n) is 5.92. The van der Waals surface area contributed by atoms with Crippen molar-refractivity contribution < 1.29 is 9.47 Å². The van der Waals surface area contributed by atoms with Crippen LogP contribution in [0.25, 0.3) is 0 Å². The van der Waals surface area contributed by atoms with Gasteiger partial charge >= 0.3 is 0 Å². The van der Waals surface area contributed by atoms with Crippen molar-refractivity contribution in [2.45, 2.75) is 13.5 Å². The smallest absolute Gasteiger partial charge is 0.260 e. The van der Waals surface area contributed by atoms with Gasteiger partial charge in [-0.25, -0.2) is 0 Å². The Hall–Kier alpha value is -2.03. The lowest BCUT2D eigenvalue weighted by atomic mass is 10.2. The molecule has 0 aliphatic rings. The number of hydrogen-bond donors (Lipinski definition) is 2. The normalized spacial score (nSPS) is 10.3. The van der Waals surface area contributed by atoms with Crippen LogP contribution in [-0.2, 0) is 6.54 Å². The number of anilines is 1. The Kier molecular flexibility index (Phi) is 4.61. The van der Waals surface area contributed by atoms with Gasteiger partial charge in [0.1, 0.15) is 0 Å². The van der Waals surface area contributed by atoms with E-state index < -0.39 is 0 Å². The van der Waals surface area contributed by atoms with E-state index in [1.807, 2.05) is 19.1 Å². The van der Waals surface area contributed by atoms with Crippen molar-refractivity contribution in [1.82, 2.24) is 20.3 Å². The van der Waals surface area contributed by atoms with Crippen LogP contribution < -0.4 is 20.6 Å². The predicted octanol–water partition coefficient (Wildman–Crippen LogP) is 1.17. The van der Waals surface area contributed by atoms with Gasteiger partial charge < -0.3 is 20.6 Å². The SMILES string of the molecule is CCOc1c(CNn2nnnc2N)cc(Br)cc1OC. The highest BCUT2D eigenvalue weighted by molar-refractivity contribution is 9.10. The minimum Gasteiger partial charge on any atom is -0.493 e. The number of methoxy groups -OCH3 is 1. The van der Waals surface area contributed by atoms with Crippen LogP contribution in [0.3, 0.4) is 0 Å². The average Bonchev–Trinajstić information content (AvgIpc) is 2.84. The molecule has 9 heteroatoms. The summed E-state index contributed by atoms with van der Waals surface area (Å²) in [5.41, 5.74) is 9.47. The Morgan fingerprint density at radius 3 is 2.85 bits per heavy atom. The van der Waals surface area contributed by atoms with Gasteiger partial charge in [0.25, 0.3) is 5.95 Å². The predicted molar refractivity (Wildman–Crippen MR) is 77.2 cm³/mol. The first kappa shape index (κ1) is 14.4. The second-order valence-electron chi connectivity index (χ2n) is 3.81. The molecule has 0 aliphatic heterocycles. The molecule has 0 fully saturated rings. The van der Waals surface area contributed by atoms with E-state index in [4.69, 9.17) is 15.2 Å². The van der Waals surface area contributed by atoms with Crippen molar-refractivity contribution in [1.29, 1.82) is 0 Å². The third kappa shape index (κ3) is 3.10. The summed E-state index contributed by atoms with van der Waals surface area (Å²) in [6.45, 7) is 2.89. The first-order valence-corrected chi connectivity index (χ1v) is 6.72. The fourth-order valence-electron chi connectivity index (χ4n) is 1.68. The van der Waals surface area contributed by atoms with Crippen LogP contribution >= 0.6 is 15.9 Å².